The summed E-state index contributed by atoms with van der Waals surface area (Å²) in [6.45, 7) is 7.39. The van der Waals surface area contributed by atoms with Crippen molar-refractivity contribution in [1.29, 1.82) is 0 Å². The molecule has 1 aromatic carbocycles. The molecule has 0 bridgehead atoms. The highest BCUT2D eigenvalue weighted by Crippen LogP contribution is 2.14. The van der Waals surface area contributed by atoms with Crippen LogP contribution in [0.25, 0.3) is 0 Å². The van der Waals surface area contributed by atoms with Gasteiger partial charge in [0, 0.05) is 6.04 Å². The third-order valence-corrected chi connectivity index (χ3v) is 2.86. The second-order valence-corrected chi connectivity index (χ2v) is 4.63. The summed E-state index contributed by atoms with van der Waals surface area (Å²) in [4.78, 5) is 0. The zero-order valence-corrected chi connectivity index (χ0v) is 10.5. The lowest BCUT2D eigenvalue weighted by molar-refractivity contribution is 0.429. The molecule has 0 saturated heterocycles. The number of benzene rings is 1. The summed E-state index contributed by atoms with van der Waals surface area (Å²) in [5, 5.41) is 3.41. The first-order valence-electron chi connectivity index (χ1n) is 6.10. The van der Waals surface area contributed by atoms with Crippen molar-refractivity contribution in [2.75, 3.05) is 6.54 Å². The van der Waals surface area contributed by atoms with Crippen molar-refractivity contribution >= 4 is 0 Å². The fraction of sp³-hybridized carbons (Fsp3) is 0.571. The Bertz CT molecular complexity index is 309. The monoisotopic (exact) mass is 223 g/mol. The molecule has 1 atom stereocenters. The highest BCUT2D eigenvalue weighted by molar-refractivity contribution is 5.17. The van der Waals surface area contributed by atoms with Crippen LogP contribution >= 0.6 is 0 Å². The van der Waals surface area contributed by atoms with Crippen LogP contribution in [-0.4, -0.2) is 12.6 Å². The summed E-state index contributed by atoms with van der Waals surface area (Å²) in [6, 6.07) is 7.56. The van der Waals surface area contributed by atoms with E-state index in [1.54, 1.807) is 6.07 Å². The van der Waals surface area contributed by atoms with Crippen LogP contribution in [0.4, 0.5) is 4.39 Å². The number of rotatable bonds is 6. The average molecular weight is 223 g/mol. The largest absolute Gasteiger partial charge is 0.314 e. The molecule has 1 aromatic rings. The van der Waals surface area contributed by atoms with E-state index in [2.05, 4.69) is 26.1 Å². The van der Waals surface area contributed by atoms with Gasteiger partial charge >= 0.3 is 0 Å². The summed E-state index contributed by atoms with van der Waals surface area (Å²) < 4.78 is 13.5. The van der Waals surface area contributed by atoms with E-state index in [9.17, 15) is 4.39 Å². The highest BCUT2D eigenvalue weighted by Gasteiger charge is 2.10. The van der Waals surface area contributed by atoms with E-state index in [0.29, 0.717) is 12.0 Å². The molecule has 0 aliphatic carbocycles. The molecular weight excluding hydrogens is 201 g/mol. The lowest BCUT2D eigenvalue weighted by Gasteiger charge is -2.18. The van der Waals surface area contributed by atoms with Crippen LogP contribution in [0.2, 0.25) is 0 Å². The molecule has 0 amide bonds. The van der Waals surface area contributed by atoms with Crippen LogP contribution in [-0.2, 0) is 6.42 Å². The standard InChI is InChI=1S/C14H22FN/c1-4-12(10-16-11(2)3)9-13-7-5-6-8-14(13)15/h5-8,11-12,16H,4,9-10H2,1-3H3. The summed E-state index contributed by atoms with van der Waals surface area (Å²) in [5.41, 5.74) is 0.833. The maximum atomic E-state index is 13.5. The minimum atomic E-state index is -0.0782. The molecule has 0 spiro atoms. The van der Waals surface area contributed by atoms with Gasteiger partial charge in [-0.05, 0) is 30.5 Å². The second-order valence-electron chi connectivity index (χ2n) is 4.63. The molecule has 0 fully saturated rings. The first-order valence-corrected chi connectivity index (χ1v) is 6.10. The van der Waals surface area contributed by atoms with E-state index in [0.717, 1.165) is 24.9 Å². The maximum absolute atomic E-state index is 13.5. The molecule has 1 rings (SSSR count). The van der Waals surface area contributed by atoms with Gasteiger partial charge < -0.3 is 5.32 Å². The van der Waals surface area contributed by atoms with E-state index in [4.69, 9.17) is 0 Å². The Hall–Kier alpha value is -0.890. The van der Waals surface area contributed by atoms with Gasteiger partial charge in [0.25, 0.3) is 0 Å². The van der Waals surface area contributed by atoms with Gasteiger partial charge in [0.05, 0.1) is 0 Å². The normalized spacial score (nSPS) is 13.1. The minimum Gasteiger partial charge on any atom is -0.314 e. The topological polar surface area (TPSA) is 12.0 Å². The lowest BCUT2D eigenvalue weighted by Crippen LogP contribution is -2.29. The van der Waals surface area contributed by atoms with Crippen molar-refractivity contribution in [3.05, 3.63) is 35.6 Å². The number of halogens is 1. The predicted octanol–water partition coefficient (Wildman–Crippen LogP) is 3.39. The SMILES string of the molecule is CCC(CNC(C)C)Cc1ccccc1F. The van der Waals surface area contributed by atoms with Crippen molar-refractivity contribution in [3.8, 4) is 0 Å². The van der Waals surface area contributed by atoms with E-state index in [1.807, 2.05) is 12.1 Å². The smallest absolute Gasteiger partial charge is 0.126 e. The Morgan fingerprint density at radius 3 is 2.50 bits per heavy atom. The van der Waals surface area contributed by atoms with Crippen LogP contribution in [0.5, 0.6) is 0 Å². The van der Waals surface area contributed by atoms with Gasteiger partial charge in [-0.15, -0.1) is 0 Å². The third-order valence-electron chi connectivity index (χ3n) is 2.86. The zero-order chi connectivity index (χ0) is 12.0. The molecule has 0 heterocycles. The Morgan fingerprint density at radius 1 is 1.25 bits per heavy atom. The first kappa shape index (κ1) is 13.2. The molecule has 1 N–H and O–H groups in total. The van der Waals surface area contributed by atoms with Crippen LogP contribution in [0, 0.1) is 11.7 Å². The minimum absolute atomic E-state index is 0.0782. The summed E-state index contributed by atoms with van der Waals surface area (Å²) in [7, 11) is 0. The van der Waals surface area contributed by atoms with E-state index in [-0.39, 0.29) is 5.82 Å². The quantitative estimate of drug-likeness (QED) is 0.779. The fourth-order valence-corrected chi connectivity index (χ4v) is 1.74. The highest BCUT2D eigenvalue weighted by atomic mass is 19.1. The van der Waals surface area contributed by atoms with Crippen LogP contribution in [0.3, 0.4) is 0 Å². The van der Waals surface area contributed by atoms with Crippen molar-refractivity contribution in [2.45, 2.75) is 39.7 Å². The van der Waals surface area contributed by atoms with Gasteiger partial charge in [0.2, 0.25) is 0 Å². The number of nitrogens with one attached hydrogen (secondary N) is 1. The summed E-state index contributed by atoms with van der Waals surface area (Å²) in [6.07, 6.45) is 1.90. The molecule has 1 unspecified atom stereocenters. The maximum Gasteiger partial charge on any atom is 0.126 e. The van der Waals surface area contributed by atoms with Crippen molar-refractivity contribution in [1.82, 2.24) is 5.32 Å². The van der Waals surface area contributed by atoms with Crippen molar-refractivity contribution < 1.29 is 4.39 Å². The number of hydrogen-bond donors (Lipinski definition) is 1. The Labute approximate surface area is 98.1 Å². The summed E-state index contributed by atoms with van der Waals surface area (Å²) in [5.74, 6) is 0.435. The summed E-state index contributed by atoms with van der Waals surface area (Å²) >= 11 is 0. The fourth-order valence-electron chi connectivity index (χ4n) is 1.74. The lowest BCUT2D eigenvalue weighted by atomic mass is 9.96. The van der Waals surface area contributed by atoms with Crippen LogP contribution in [0.1, 0.15) is 32.8 Å². The predicted molar refractivity (Wildman–Crippen MR) is 67.0 cm³/mol. The van der Waals surface area contributed by atoms with Crippen molar-refractivity contribution in [3.63, 3.8) is 0 Å². The van der Waals surface area contributed by atoms with Gasteiger partial charge in [-0.25, -0.2) is 4.39 Å². The molecule has 2 heteroatoms. The van der Waals surface area contributed by atoms with Crippen LogP contribution < -0.4 is 5.32 Å². The molecule has 90 valence electrons. The Morgan fingerprint density at radius 2 is 1.94 bits per heavy atom. The Kier molecular flexibility index (Phi) is 5.47. The van der Waals surface area contributed by atoms with E-state index < -0.39 is 0 Å². The second kappa shape index (κ2) is 6.64. The number of hydrogen-bond acceptors (Lipinski definition) is 1. The molecule has 0 saturated carbocycles. The molecule has 0 aliphatic heterocycles. The molecule has 0 radical (unpaired) electrons. The van der Waals surface area contributed by atoms with Crippen molar-refractivity contribution in [2.24, 2.45) is 5.92 Å². The Balaban J connectivity index is 2.53. The third kappa shape index (κ3) is 4.31. The van der Waals surface area contributed by atoms with Gasteiger partial charge in [0.1, 0.15) is 5.82 Å². The molecular formula is C14H22FN. The van der Waals surface area contributed by atoms with Gasteiger partial charge in [-0.3, -0.25) is 0 Å². The average Bonchev–Trinajstić information content (AvgIpc) is 2.26. The molecule has 0 aromatic heterocycles. The molecule has 16 heavy (non-hydrogen) atoms. The molecule has 1 nitrogen and oxygen atoms in total. The first-order chi connectivity index (χ1) is 7.63. The van der Waals surface area contributed by atoms with Gasteiger partial charge in [-0.1, -0.05) is 45.4 Å². The van der Waals surface area contributed by atoms with Gasteiger partial charge in [0.15, 0.2) is 0 Å². The van der Waals surface area contributed by atoms with Crippen LogP contribution in [0.15, 0.2) is 24.3 Å². The van der Waals surface area contributed by atoms with Gasteiger partial charge in [-0.2, -0.15) is 0 Å². The molecule has 0 aliphatic rings. The zero-order valence-electron chi connectivity index (χ0n) is 10.5. The van der Waals surface area contributed by atoms with E-state index >= 15 is 0 Å². The van der Waals surface area contributed by atoms with E-state index in [1.165, 1.54) is 6.07 Å².